The molecule has 2 N–H and O–H groups in total. The molecule has 0 fully saturated rings. The Labute approximate surface area is 138 Å². The molecule has 0 radical (unpaired) electrons. The summed E-state index contributed by atoms with van der Waals surface area (Å²) in [5.74, 6) is -0.320. The van der Waals surface area contributed by atoms with Gasteiger partial charge in [0, 0.05) is 9.26 Å². The SMILES string of the molecule is Cc1nc2c([nH]1)C(=O)C(Cl)=C(Nc1ccc(I)cc1)C2=O. The largest absolute Gasteiger partial charge is 0.351 e. The van der Waals surface area contributed by atoms with Crippen molar-refractivity contribution in [2.45, 2.75) is 6.92 Å². The van der Waals surface area contributed by atoms with Crippen molar-refractivity contribution in [2.24, 2.45) is 0 Å². The standard InChI is InChI=1S/C14H9ClIN3O2/c1-6-17-11-12(18-6)14(21)10(9(15)13(11)20)19-8-4-2-7(16)3-5-8/h2-5,19H,1H3,(H,17,18). The molecule has 0 amide bonds. The second kappa shape index (κ2) is 5.27. The van der Waals surface area contributed by atoms with Crippen LogP contribution in [-0.2, 0) is 0 Å². The van der Waals surface area contributed by atoms with Crippen molar-refractivity contribution < 1.29 is 9.59 Å². The van der Waals surface area contributed by atoms with Crippen molar-refractivity contribution in [3.8, 4) is 0 Å². The van der Waals surface area contributed by atoms with Crippen LogP contribution in [0.4, 0.5) is 5.69 Å². The van der Waals surface area contributed by atoms with E-state index in [0.717, 1.165) is 3.57 Å². The molecule has 0 atom stereocenters. The molecule has 0 spiro atoms. The Morgan fingerprint density at radius 2 is 1.86 bits per heavy atom. The third kappa shape index (κ3) is 2.49. The van der Waals surface area contributed by atoms with Crippen molar-refractivity contribution in [3.63, 3.8) is 0 Å². The number of allylic oxidation sites excluding steroid dienone is 2. The zero-order chi connectivity index (χ0) is 15.1. The maximum atomic E-state index is 12.4. The van der Waals surface area contributed by atoms with Gasteiger partial charge < -0.3 is 10.3 Å². The summed E-state index contributed by atoms with van der Waals surface area (Å²) in [4.78, 5) is 31.4. The average molecular weight is 414 g/mol. The number of aromatic amines is 1. The van der Waals surface area contributed by atoms with Crippen LogP contribution in [-0.4, -0.2) is 21.5 Å². The number of ketones is 2. The topological polar surface area (TPSA) is 74.8 Å². The first-order valence-electron chi connectivity index (χ1n) is 6.05. The maximum Gasteiger partial charge on any atom is 0.231 e. The number of nitrogens with zero attached hydrogens (tertiary/aromatic N) is 1. The molecule has 5 nitrogen and oxygen atoms in total. The molecule has 21 heavy (non-hydrogen) atoms. The van der Waals surface area contributed by atoms with Crippen LogP contribution in [0, 0.1) is 10.5 Å². The van der Waals surface area contributed by atoms with E-state index in [4.69, 9.17) is 11.6 Å². The second-order valence-electron chi connectivity index (χ2n) is 4.52. The smallest absolute Gasteiger partial charge is 0.231 e. The molecule has 0 aliphatic heterocycles. The summed E-state index contributed by atoms with van der Waals surface area (Å²) in [5.41, 5.74) is 0.993. The molecule has 2 aromatic rings. The number of carbonyl (C=O) groups is 2. The van der Waals surface area contributed by atoms with Gasteiger partial charge >= 0.3 is 0 Å². The fraction of sp³-hybridized carbons (Fsp3) is 0.0714. The Hall–Kier alpha value is -1.67. The molecule has 1 heterocycles. The molecule has 0 bridgehead atoms. The highest BCUT2D eigenvalue weighted by atomic mass is 127. The van der Waals surface area contributed by atoms with Gasteiger partial charge in [-0.3, -0.25) is 9.59 Å². The maximum absolute atomic E-state index is 12.4. The van der Waals surface area contributed by atoms with Crippen molar-refractivity contribution in [2.75, 3.05) is 5.32 Å². The summed E-state index contributed by atoms with van der Waals surface area (Å²) >= 11 is 8.22. The Balaban J connectivity index is 2.01. The van der Waals surface area contributed by atoms with Crippen molar-refractivity contribution in [3.05, 3.63) is 55.8 Å². The van der Waals surface area contributed by atoms with Gasteiger partial charge in [0.25, 0.3) is 0 Å². The predicted molar refractivity (Wildman–Crippen MR) is 87.6 cm³/mol. The molecular weight excluding hydrogens is 405 g/mol. The molecule has 3 rings (SSSR count). The Bertz CT molecular complexity index is 793. The number of H-pyrrole nitrogens is 1. The van der Waals surface area contributed by atoms with E-state index in [1.807, 2.05) is 24.3 Å². The number of anilines is 1. The van der Waals surface area contributed by atoms with Crippen LogP contribution in [0.3, 0.4) is 0 Å². The molecule has 1 aliphatic rings. The summed E-state index contributed by atoms with van der Waals surface area (Å²) in [5, 5.41) is 2.78. The summed E-state index contributed by atoms with van der Waals surface area (Å²) in [6.07, 6.45) is 0. The van der Waals surface area contributed by atoms with Crippen LogP contribution >= 0.6 is 34.2 Å². The minimum atomic E-state index is -0.431. The van der Waals surface area contributed by atoms with Gasteiger partial charge in [0.05, 0.1) is 0 Å². The van der Waals surface area contributed by atoms with Crippen LogP contribution < -0.4 is 5.32 Å². The summed E-state index contributed by atoms with van der Waals surface area (Å²) in [7, 11) is 0. The van der Waals surface area contributed by atoms with Crippen LogP contribution in [0.2, 0.25) is 0 Å². The summed E-state index contributed by atoms with van der Waals surface area (Å²) in [6.45, 7) is 1.68. The summed E-state index contributed by atoms with van der Waals surface area (Å²) in [6, 6.07) is 7.39. The van der Waals surface area contributed by atoms with Crippen molar-refractivity contribution in [1.82, 2.24) is 9.97 Å². The molecule has 0 saturated heterocycles. The van der Waals surface area contributed by atoms with Gasteiger partial charge in [-0.2, -0.15) is 0 Å². The van der Waals surface area contributed by atoms with Gasteiger partial charge in [-0.25, -0.2) is 4.98 Å². The first-order chi connectivity index (χ1) is 9.97. The van der Waals surface area contributed by atoms with Crippen molar-refractivity contribution >= 4 is 51.4 Å². The second-order valence-corrected chi connectivity index (χ2v) is 6.15. The number of Topliss-reactive ketones (excluding diaryl/α,β-unsaturated/α-hetero) is 2. The molecule has 1 aromatic heterocycles. The molecule has 1 aromatic carbocycles. The lowest BCUT2D eigenvalue weighted by atomic mass is 10.0. The number of carbonyl (C=O) groups excluding carboxylic acids is 2. The number of aryl methyl sites for hydroxylation is 1. The quantitative estimate of drug-likeness (QED) is 0.741. The number of aromatic nitrogens is 2. The van der Waals surface area contributed by atoms with E-state index in [2.05, 4.69) is 37.9 Å². The van der Waals surface area contributed by atoms with E-state index in [-0.39, 0.29) is 22.1 Å². The van der Waals surface area contributed by atoms with Gasteiger partial charge in [0.1, 0.15) is 27.9 Å². The van der Waals surface area contributed by atoms with E-state index in [9.17, 15) is 9.59 Å². The van der Waals surface area contributed by atoms with E-state index in [1.165, 1.54) is 0 Å². The Kier molecular flexibility index (Phi) is 3.58. The molecule has 7 heteroatoms. The molecule has 106 valence electrons. The summed E-state index contributed by atoms with van der Waals surface area (Å²) < 4.78 is 1.06. The number of nitrogens with one attached hydrogen (secondary N) is 2. The van der Waals surface area contributed by atoms with E-state index >= 15 is 0 Å². The third-order valence-corrected chi connectivity index (χ3v) is 4.10. The Morgan fingerprint density at radius 3 is 2.52 bits per heavy atom. The Morgan fingerprint density at radius 1 is 1.19 bits per heavy atom. The van der Waals surface area contributed by atoms with Gasteiger partial charge in [0.2, 0.25) is 11.6 Å². The predicted octanol–water partition coefficient (Wildman–Crippen LogP) is 3.26. The van der Waals surface area contributed by atoms with Gasteiger partial charge in [-0.1, -0.05) is 11.6 Å². The number of fused-ring (bicyclic) bond motifs is 1. The number of halogens is 2. The zero-order valence-electron chi connectivity index (χ0n) is 10.8. The average Bonchev–Trinajstić information content (AvgIpc) is 2.85. The van der Waals surface area contributed by atoms with Crippen molar-refractivity contribution in [1.29, 1.82) is 0 Å². The fourth-order valence-corrected chi connectivity index (χ4v) is 2.64. The van der Waals surface area contributed by atoms with Crippen LogP contribution in [0.25, 0.3) is 0 Å². The third-order valence-electron chi connectivity index (χ3n) is 3.02. The lowest BCUT2D eigenvalue weighted by Crippen LogP contribution is -2.24. The number of hydrogen-bond donors (Lipinski definition) is 2. The van der Waals surface area contributed by atoms with Gasteiger partial charge in [-0.05, 0) is 53.8 Å². The number of hydrogen-bond acceptors (Lipinski definition) is 4. The van der Waals surface area contributed by atoms with Gasteiger partial charge in [0.15, 0.2) is 0 Å². The van der Waals surface area contributed by atoms with Crippen LogP contribution in [0.1, 0.15) is 26.8 Å². The highest BCUT2D eigenvalue weighted by Crippen LogP contribution is 2.28. The number of benzene rings is 1. The first-order valence-corrected chi connectivity index (χ1v) is 7.51. The van der Waals surface area contributed by atoms with Crippen LogP contribution in [0.5, 0.6) is 0 Å². The number of imidazole rings is 1. The van der Waals surface area contributed by atoms with E-state index < -0.39 is 11.6 Å². The fourth-order valence-electron chi connectivity index (χ4n) is 2.05. The number of rotatable bonds is 2. The van der Waals surface area contributed by atoms with Crippen LogP contribution in [0.15, 0.2) is 35.0 Å². The van der Waals surface area contributed by atoms with Gasteiger partial charge in [-0.15, -0.1) is 0 Å². The molecule has 1 aliphatic carbocycles. The zero-order valence-corrected chi connectivity index (χ0v) is 13.7. The monoisotopic (exact) mass is 413 g/mol. The highest BCUT2D eigenvalue weighted by molar-refractivity contribution is 14.1. The molecule has 0 saturated carbocycles. The minimum Gasteiger partial charge on any atom is -0.351 e. The molecule has 0 unspecified atom stereocenters. The lowest BCUT2D eigenvalue weighted by molar-refractivity contribution is 0.0977. The lowest BCUT2D eigenvalue weighted by Gasteiger charge is -2.15. The minimum absolute atomic E-state index is 0.0573. The van der Waals surface area contributed by atoms with E-state index in [1.54, 1.807) is 6.92 Å². The van der Waals surface area contributed by atoms with E-state index in [0.29, 0.717) is 11.5 Å². The first kappa shape index (κ1) is 14.3. The normalized spacial score (nSPS) is 14.4. The molecular formula is C14H9ClIN3O2. The highest BCUT2D eigenvalue weighted by Gasteiger charge is 2.34.